The molecule has 1 aromatic rings. The lowest BCUT2D eigenvalue weighted by Gasteiger charge is -2.38. The zero-order valence-electron chi connectivity index (χ0n) is 13.9. The molecule has 1 atom stereocenters. The van der Waals surface area contributed by atoms with Gasteiger partial charge in [0.1, 0.15) is 5.75 Å². The summed E-state index contributed by atoms with van der Waals surface area (Å²) >= 11 is 0. The molecule has 3 heteroatoms. The van der Waals surface area contributed by atoms with Crippen molar-refractivity contribution in [3.63, 3.8) is 0 Å². The van der Waals surface area contributed by atoms with Crippen molar-refractivity contribution in [1.82, 2.24) is 10.2 Å². The van der Waals surface area contributed by atoms with Crippen LogP contribution in [0.1, 0.15) is 38.2 Å². The first-order valence-corrected chi connectivity index (χ1v) is 8.16. The highest BCUT2D eigenvalue weighted by molar-refractivity contribution is 5.33. The molecule has 0 saturated heterocycles. The maximum atomic E-state index is 5.47. The van der Waals surface area contributed by atoms with Gasteiger partial charge in [0.05, 0.1) is 7.11 Å². The van der Waals surface area contributed by atoms with Gasteiger partial charge in [-0.25, -0.2) is 0 Å². The number of ether oxygens (including phenoxy) is 1. The van der Waals surface area contributed by atoms with Gasteiger partial charge in [-0.15, -0.1) is 0 Å². The molecule has 0 radical (unpaired) electrons. The normalized spacial score (nSPS) is 24.0. The summed E-state index contributed by atoms with van der Waals surface area (Å²) in [6.07, 6.45) is 6.25. The Balaban J connectivity index is 1.92. The molecule has 0 spiro atoms. The van der Waals surface area contributed by atoms with Crippen LogP contribution in [0.2, 0.25) is 0 Å². The van der Waals surface area contributed by atoms with E-state index < -0.39 is 0 Å². The first-order chi connectivity index (χ1) is 10.2. The summed E-state index contributed by atoms with van der Waals surface area (Å²) < 4.78 is 5.47. The number of likely N-dealkylation sites (N-methyl/N-ethyl adjacent to an activating group) is 1. The van der Waals surface area contributed by atoms with Crippen LogP contribution in [-0.4, -0.2) is 44.2 Å². The summed E-state index contributed by atoms with van der Waals surface area (Å²) in [5, 5.41) is 3.41. The Bertz CT molecular complexity index is 427. The van der Waals surface area contributed by atoms with Gasteiger partial charge < -0.3 is 15.0 Å². The fourth-order valence-electron chi connectivity index (χ4n) is 3.47. The van der Waals surface area contributed by atoms with Crippen LogP contribution in [0.4, 0.5) is 0 Å². The van der Waals surface area contributed by atoms with Crippen LogP contribution >= 0.6 is 0 Å². The van der Waals surface area contributed by atoms with Gasteiger partial charge in [0.15, 0.2) is 0 Å². The van der Waals surface area contributed by atoms with Crippen molar-refractivity contribution in [3.05, 3.63) is 29.8 Å². The summed E-state index contributed by atoms with van der Waals surface area (Å²) in [6, 6.07) is 10.4. The van der Waals surface area contributed by atoms with Crippen molar-refractivity contribution in [2.75, 3.05) is 21.2 Å². The predicted octanol–water partition coefficient (Wildman–Crippen LogP) is 3.09. The fourth-order valence-corrected chi connectivity index (χ4v) is 3.47. The van der Waals surface area contributed by atoms with Crippen molar-refractivity contribution in [2.24, 2.45) is 0 Å². The Morgan fingerprint density at radius 1 is 1.24 bits per heavy atom. The SMILES string of the molecule is CNC1CCC(N(C)C(C)Cc2ccccc2OC)CC1. The van der Waals surface area contributed by atoms with Crippen LogP contribution < -0.4 is 10.1 Å². The first-order valence-electron chi connectivity index (χ1n) is 8.16. The second-order valence-electron chi connectivity index (χ2n) is 6.32. The largest absolute Gasteiger partial charge is 0.496 e. The molecule has 3 nitrogen and oxygen atoms in total. The van der Waals surface area contributed by atoms with E-state index in [9.17, 15) is 0 Å². The molecule has 1 saturated carbocycles. The van der Waals surface area contributed by atoms with Crippen LogP contribution in [-0.2, 0) is 6.42 Å². The van der Waals surface area contributed by atoms with E-state index in [-0.39, 0.29) is 0 Å². The number of hydrogen-bond donors (Lipinski definition) is 1. The minimum absolute atomic E-state index is 0.539. The number of methoxy groups -OCH3 is 1. The number of para-hydroxylation sites is 1. The van der Waals surface area contributed by atoms with E-state index >= 15 is 0 Å². The average Bonchev–Trinajstić information content (AvgIpc) is 2.54. The standard InChI is InChI=1S/C18H30N2O/c1-14(13-15-7-5-6-8-18(15)21-4)20(3)17-11-9-16(19-2)10-12-17/h5-8,14,16-17,19H,9-13H2,1-4H3. The second kappa shape index (κ2) is 7.81. The van der Waals surface area contributed by atoms with Crippen LogP contribution in [0.5, 0.6) is 5.75 Å². The first kappa shape index (κ1) is 16.3. The Hall–Kier alpha value is -1.06. The fraction of sp³-hybridized carbons (Fsp3) is 0.667. The molecule has 0 bridgehead atoms. The highest BCUT2D eigenvalue weighted by atomic mass is 16.5. The van der Waals surface area contributed by atoms with E-state index in [1.165, 1.54) is 31.2 Å². The minimum Gasteiger partial charge on any atom is -0.496 e. The van der Waals surface area contributed by atoms with Gasteiger partial charge in [-0.2, -0.15) is 0 Å². The van der Waals surface area contributed by atoms with E-state index in [0.717, 1.165) is 24.3 Å². The molecule has 0 amide bonds. The van der Waals surface area contributed by atoms with Gasteiger partial charge in [0, 0.05) is 18.1 Å². The van der Waals surface area contributed by atoms with E-state index in [1.54, 1.807) is 7.11 Å². The van der Waals surface area contributed by atoms with E-state index in [2.05, 4.69) is 49.4 Å². The van der Waals surface area contributed by atoms with Crippen molar-refractivity contribution in [1.29, 1.82) is 0 Å². The van der Waals surface area contributed by atoms with E-state index in [4.69, 9.17) is 4.74 Å². The molecular formula is C18H30N2O. The zero-order chi connectivity index (χ0) is 15.2. The quantitative estimate of drug-likeness (QED) is 0.871. The lowest BCUT2D eigenvalue weighted by Crippen LogP contribution is -2.44. The predicted molar refractivity (Wildman–Crippen MR) is 89.0 cm³/mol. The van der Waals surface area contributed by atoms with Gasteiger partial charge in [0.2, 0.25) is 0 Å². The van der Waals surface area contributed by atoms with Crippen LogP contribution in [0.3, 0.4) is 0 Å². The summed E-state index contributed by atoms with van der Waals surface area (Å²) in [7, 11) is 6.12. The maximum Gasteiger partial charge on any atom is 0.122 e. The molecule has 118 valence electrons. The van der Waals surface area contributed by atoms with Crippen molar-refractivity contribution < 1.29 is 4.74 Å². The molecule has 0 heterocycles. The molecule has 2 rings (SSSR count). The highest BCUT2D eigenvalue weighted by Crippen LogP contribution is 2.26. The average molecular weight is 290 g/mol. The molecule has 1 N–H and O–H groups in total. The van der Waals surface area contributed by atoms with Gasteiger partial charge >= 0.3 is 0 Å². The van der Waals surface area contributed by atoms with Crippen molar-refractivity contribution in [2.45, 2.75) is 57.2 Å². The van der Waals surface area contributed by atoms with Gasteiger partial charge in [-0.3, -0.25) is 0 Å². The Morgan fingerprint density at radius 3 is 2.52 bits per heavy atom. The maximum absolute atomic E-state index is 5.47. The molecule has 1 unspecified atom stereocenters. The summed E-state index contributed by atoms with van der Waals surface area (Å²) in [5.74, 6) is 1.01. The van der Waals surface area contributed by atoms with Crippen molar-refractivity contribution in [3.8, 4) is 5.75 Å². The smallest absolute Gasteiger partial charge is 0.122 e. The zero-order valence-corrected chi connectivity index (χ0v) is 13.9. The third-order valence-electron chi connectivity index (χ3n) is 5.08. The molecule has 1 fully saturated rings. The van der Waals surface area contributed by atoms with Crippen LogP contribution in [0.15, 0.2) is 24.3 Å². The Labute approximate surface area is 129 Å². The third kappa shape index (κ3) is 4.21. The number of rotatable bonds is 6. The Morgan fingerprint density at radius 2 is 1.90 bits per heavy atom. The monoisotopic (exact) mass is 290 g/mol. The lowest BCUT2D eigenvalue weighted by molar-refractivity contribution is 0.135. The van der Waals surface area contributed by atoms with Gasteiger partial charge in [0.25, 0.3) is 0 Å². The van der Waals surface area contributed by atoms with Crippen LogP contribution in [0, 0.1) is 0 Å². The Kier molecular flexibility index (Phi) is 6.07. The molecule has 1 aromatic carbocycles. The van der Waals surface area contributed by atoms with Gasteiger partial charge in [-0.1, -0.05) is 18.2 Å². The molecule has 1 aliphatic carbocycles. The molecule has 21 heavy (non-hydrogen) atoms. The number of nitrogens with one attached hydrogen (secondary N) is 1. The summed E-state index contributed by atoms with van der Waals surface area (Å²) in [4.78, 5) is 2.57. The minimum atomic E-state index is 0.539. The summed E-state index contributed by atoms with van der Waals surface area (Å²) in [6.45, 7) is 2.33. The number of hydrogen-bond acceptors (Lipinski definition) is 3. The van der Waals surface area contributed by atoms with E-state index in [1.807, 2.05) is 6.07 Å². The van der Waals surface area contributed by atoms with E-state index in [0.29, 0.717) is 6.04 Å². The number of benzene rings is 1. The summed E-state index contributed by atoms with van der Waals surface area (Å²) in [5.41, 5.74) is 1.31. The second-order valence-corrected chi connectivity index (χ2v) is 6.32. The molecule has 0 aliphatic heterocycles. The lowest BCUT2D eigenvalue weighted by atomic mass is 9.89. The van der Waals surface area contributed by atoms with Gasteiger partial charge in [-0.05, 0) is 64.8 Å². The third-order valence-corrected chi connectivity index (χ3v) is 5.08. The number of nitrogens with zero attached hydrogens (tertiary/aromatic N) is 1. The molecule has 1 aliphatic rings. The highest BCUT2D eigenvalue weighted by Gasteiger charge is 2.26. The van der Waals surface area contributed by atoms with Crippen LogP contribution in [0.25, 0.3) is 0 Å². The topological polar surface area (TPSA) is 24.5 Å². The molecular weight excluding hydrogens is 260 g/mol. The molecule has 0 aromatic heterocycles. The van der Waals surface area contributed by atoms with Crippen molar-refractivity contribution >= 4 is 0 Å².